The van der Waals surface area contributed by atoms with E-state index in [0.29, 0.717) is 29.6 Å². The molecule has 0 radical (unpaired) electrons. The van der Waals surface area contributed by atoms with E-state index in [2.05, 4.69) is 105 Å². The monoisotopic (exact) mass is 668 g/mol. The summed E-state index contributed by atoms with van der Waals surface area (Å²) in [5.74, 6) is 2.94. The standard InChI is InChI=1S/4C6H9NS.C5H8N2S.2CH4/c1-5(2)6-3-8-4-7-6;1-5(2)6-3-7-4-8-6;2*1-5(2)6-7-3-4-8-6;1-4(2)5-7-6-3-8-5;;/h4*3-5H,1-2H3;3-4H,1-2H3;2*1H4. The van der Waals surface area contributed by atoms with Crippen LogP contribution in [0.25, 0.3) is 0 Å². The second-order valence-electron chi connectivity index (χ2n) is 10.1. The largest absolute Gasteiger partial charge is 0.253 e. The molecule has 5 rings (SSSR count). The highest BCUT2D eigenvalue weighted by molar-refractivity contribution is 7.10. The molecule has 0 spiro atoms. The molecule has 5 heterocycles. The predicted molar refractivity (Wildman–Crippen MR) is 192 cm³/mol. The van der Waals surface area contributed by atoms with E-state index >= 15 is 0 Å². The van der Waals surface area contributed by atoms with Crippen LogP contribution in [0.3, 0.4) is 0 Å². The molecule has 0 aliphatic rings. The van der Waals surface area contributed by atoms with Crippen LogP contribution in [0, 0.1) is 0 Å². The van der Waals surface area contributed by atoms with Gasteiger partial charge in [0.25, 0.3) is 0 Å². The van der Waals surface area contributed by atoms with Crippen molar-refractivity contribution in [3.8, 4) is 0 Å². The zero-order valence-electron chi connectivity index (χ0n) is 25.3. The van der Waals surface area contributed by atoms with Gasteiger partial charge >= 0.3 is 0 Å². The van der Waals surface area contributed by atoms with E-state index in [1.807, 2.05) is 40.4 Å². The van der Waals surface area contributed by atoms with Crippen LogP contribution in [0.15, 0.2) is 51.3 Å². The summed E-state index contributed by atoms with van der Waals surface area (Å²) in [5.41, 5.74) is 6.70. The molecule has 0 saturated heterocycles. The molecule has 236 valence electrons. The second-order valence-corrected chi connectivity index (χ2v) is 14.5. The Balaban J connectivity index is 0. The Morgan fingerprint density at radius 2 is 1.10 bits per heavy atom. The summed E-state index contributed by atoms with van der Waals surface area (Å²) in [4.78, 5) is 17.7. The van der Waals surface area contributed by atoms with Gasteiger partial charge in [-0.1, -0.05) is 84.1 Å². The molecule has 0 bridgehead atoms. The van der Waals surface area contributed by atoms with Gasteiger partial charge in [0.15, 0.2) is 0 Å². The summed E-state index contributed by atoms with van der Waals surface area (Å²) >= 11 is 8.43. The average molecular weight is 669 g/mol. The number of hydrogen-bond donors (Lipinski definition) is 0. The third kappa shape index (κ3) is 18.6. The highest BCUT2D eigenvalue weighted by atomic mass is 32.1. The highest BCUT2D eigenvalue weighted by Crippen LogP contribution is 2.18. The Hall–Kier alpha value is -1.92. The van der Waals surface area contributed by atoms with Gasteiger partial charge in [-0.15, -0.1) is 66.9 Å². The van der Waals surface area contributed by atoms with Crippen molar-refractivity contribution in [3.05, 3.63) is 76.9 Å². The van der Waals surface area contributed by atoms with Crippen molar-refractivity contribution in [2.75, 3.05) is 0 Å². The average Bonchev–Trinajstić information content (AvgIpc) is 3.74. The molecule has 6 nitrogen and oxygen atoms in total. The first kappa shape index (κ1) is 42.2. The molecule has 0 amide bonds. The fourth-order valence-corrected chi connectivity index (χ4v) is 5.72. The van der Waals surface area contributed by atoms with Crippen molar-refractivity contribution in [2.45, 2.75) is 114 Å². The second kappa shape index (κ2) is 24.5. The first-order valence-electron chi connectivity index (χ1n) is 13.3. The third-order valence-corrected chi connectivity index (χ3v) is 9.65. The van der Waals surface area contributed by atoms with E-state index in [4.69, 9.17) is 0 Å². The van der Waals surface area contributed by atoms with Crippen molar-refractivity contribution in [1.82, 2.24) is 30.1 Å². The Labute approximate surface area is 275 Å². The van der Waals surface area contributed by atoms with Gasteiger partial charge in [0.2, 0.25) is 0 Å². The summed E-state index contributed by atoms with van der Waals surface area (Å²) in [6.45, 7) is 21.5. The van der Waals surface area contributed by atoms with Gasteiger partial charge in [-0.25, -0.2) is 15.0 Å². The molecule has 0 aliphatic heterocycles. The molecule has 42 heavy (non-hydrogen) atoms. The van der Waals surface area contributed by atoms with Crippen molar-refractivity contribution in [1.29, 1.82) is 0 Å². The number of hydrogen-bond acceptors (Lipinski definition) is 11. The van der Waals surface area contributed by atoms with Gasteiger partial charge in [-0.2, -0.15) is 0 Å². The van der Waals surface area contributed by atoms with Crippen molar-refractivity contribution < 1.29 is 0 Å². The van der Waals surface area contributed by atoms with Crippen LogP contribution in [-0.4, -0.2) is 30.1 Å². The Kier molecular flexibility index (Phi) is 24.6. The fraction of sp³-hybridized carbons (Fsp3) is 0.548. The molecule has 0 aromatic carbocycles. The van der Waals surface area contributed by atoms with E-state index in [-0.39, 0.29) is 14.9 Å². The molecule has 0 fully saturated rings. The summed E-state index contributed by atoms with van der Waals surface area (Å²) in [6, 6.07) is 0. The van der Waals surface area contributed by atoms with Gasteiger partial charge in [0, 0.05) is 57.4 Å². The van der Waals surface area contributed by atoms with E-state index < -0.39 is 0 Å². The number of thiazole rings is 4. The van der Waals surface area contributed by atoms with Crippen LogP contribution in [0.2, 0.25) is 0 Å². The molecule has 0 saturated carbocycles. The van der Waals surface area contributed by atoms with Gasteiger partial charge in [-0.05, 0) is 11.8 Å². The van der Waals surface area contributed by atoms with Crippen molar-refractivity contribution in [2.24, 2.45) is 0 Å². The number of aromatic nitrogens is 6. The molecular weight excluding hydrogens is 617 g/mol. The van der Waals surface area contributed by atoms with Gasteiger partial charge in [-0.3, -0.25) is 4.98 Å². The van der Waals surface area contributed by atoms with Crippen LogP contribution in [0.4, 0.5) is 0 Å². The lowest BCUT2D eigenvalue weighted by atomic mass is 10.2. The van der Waals surface area contributed by atoms with E-state index in [1.165, 1.54) is 20.6 Å². The van der Waals surface area contributed by atoms with E-state index in [9.17, 15) is 0 Å². The quantitative estimate of drug-likeness (QED) is 0.185. The minimum Gasteiger partial charge on any atom is -0.253 e. The maximum atomic E-state index is 4.13. The van der Waals surface area contributed by atoms with Crippen LogP contribution in [-0.2, 0) is 0 Å². The Morgan fingerprint density at radius 3 is 1.29 bits per heavy atom. The lowest BCUT2D eigenvalue weighted by molar-refractivity contribution is 0.825. The lowest BCUT2D eigenvalue weighted by Crippen LogP contribution is -1.83. The molecular formula is C31H52N6S5. The minimum atomic E-state index is 0. The summed E-state index contributed by atoms with van der Waals surface area (Å²) < 4.78 is 0. The summed E-state index contributed by atoms with van der Waals surface area (Å²) in [7, 11) is 0. The number of nitrogens with zero attached hydrogens (tertiary/aromatic N) is 6. The van der Waals surface area contributed by atoms with Crippen LogP contribution in [0.1, 0.15) is 139 Å². The predicted octanol–water partition coefficient (Wildman–Crippen LogP) is 12.0. The van der Waals surface area contributed by atoms with Gasteiger partial charge in [0.1, 0.15) is 10.5 Å². The van der Waals surface area contributed by atoms with Crippen molar-refractivity contribution in [3.63, 3.8) is 0 Å². The zero-order chi connectivity index (χ0) is 29.9. The van der Waals surface area contributed by atoms with E-state index in [0.717, 1.165) is 5.01 Å². The van der Waals surface area contributed by atoms with Crippen LogP contribution >= 0.6 is 56.7 Å². The highest BCUT2D eigenvalue weighted by Gasteiger charge is 2.00. The summed E-state index contributed by atoms with van der Waals surface area (Å²) in [6.07, 6.45) is 5.62. The first-order chi connectivity index (χ1) is 19.0. The number of rotatable bonds is 5. The van der Waals surface area contributed by atoms with Crippen LogP contribution < -0.4 is 0 Å². The van der Waals surface area contributed by atoms with E-state index in [1.54, 1.807) is 62.2 Å². The van der Waals surface area contributed by atoms with Gasteiger partial charge in [0.05, 0.1) is 26.7 Å². The Bertz CT molecular complexity index is 943. The smallest absolute Gasteiger partial charge is 0.119 e. The van der Waals surface area contributed by atoms with Crippen molar-refractivity contribution >= 4 is 56.7 Å². The summed E-state index contributed by atoms with van der Waals surface area (Å²) in [5, 5.41) is 17.3. The topological polar surface area (TPSA) is 77.3 Å². The molecule has 0 unspecified atom stereocenters. The zero-order valence-corrected chi connectivity index (χ0v) is 29.4. The maximum Gasteiger partial charge on any atom is 0.119 e. The lowest BCUT2D eigenvalue weighted by Gasteiger charge is -1.94. The molecule has 5 aromatic heterocycles. The first-order valence-corrected chi connectivity index (χ1v) is 17.8. The molecule has 0 N–H and O–H groups in total. The molecule has 5 aromatic rings. The van der Waals surface area contributed by atoms with Crippen LogP contribution in [0.5, 0.6) is 0 Å². The Morgan fingerprint density at radius 1 is 0.548 bits per heavy atom. The SMILES string of the molecule is C.C.CC(C)c1cncs1.CC(C)c1cscn1.CC(C)c1nccs1.CC(C)c1nccs1.CC(C)c1nncs1. The maximum absolute atomic E-state index is 4.13. The fourth-order valence-electron chi connectivity index (χ4n) is 2.49. The minimum absolute atomic E-state index is 0. The third-order valence-electron chi connectivity index (χ3n) is 4.82. The molecule has 0 atom stereocenters. The van der Waals surface area contributed by atoms with Gasteiger partial charge < -0.3 is 0 Å². The molecule has 11 heteroatoms. The molecule has 0 aliphatic carbocycles. The normalized spacial score (nSPS) is 9.88.